The van der Waals surface area contributed by atoms with E-state index in [0.29, 0.717) is 41.8 Å². The average molecular weight is 504 g/mol. The van der Waals surface area contributed by atoms with E-state index in [9.17, 15) is 9.18 Å². The molecule has 0 radical (unpaired) electrons. The fraction of sp³-hybridized carbons (Fsp3) is 0.269. The Hall–Kier alpha value is -4.22. The summed E-state index contributed by atoms with van der Waals surface area (Å²) in [4.78, 5) is 33.2. The van der Waals surface area contributed by atoms with Gasteiger partial charge in [0.1, 0.15) is 11.6 Å². The van der Waals surface area contributed by atoms with Crippen molar-refractivity contribution >= 4 is 11.9 Å². The van der Waals surface area contributed by atoms with Gasteiger partial charge in [0.15, 0.2) is 6.29 Å². The molecule has 1 aromatic carbocycles. The molecule has 0 atom stereocenters. The highest BCUT2D eigenvalue weighted by Gasteiger charge is 2.28. The van der Waals surface area contributed by atoms with Crippen molar-refractivity contribution in [2.24, 2.45) is 5.92 Å². The number of halogens is 1. The van der Waals surface area contributed by atoms with Crippen LogP contribution in [0.2, 0.25) is 0 Å². The summed E-state index contributed by atoms with van der Waals surface area (Å²) in [5.74, 6) is 0.247. The third kappa shape index (κ3) is 5.96. The maximum Gasteiger partial charge on any atom is 0.227 e. The van der Waals surface area contributed by atoms with Gasteiger partial charge in [-0.2, -0.15) is 0 Å². The molecule has 1 aliphatic heterocycles. The molecule has 0 bridgehead atoms. The zero-order valence-corrected chi connectivity index (χ0v) is 20.1. The molecule has 4 heterocycles. The number of nitrogens with one attached hydrogen (secondary N) is 3. The van der Waals surface area contributed by atoms with Gasteiger partial charge in [-0.25, -0.2) is 19.3 Å². The Balaban J connectivity index is 1.38. The number of hydrogen-bond donors (Lipinski definition) is 3. The molecule has 1 amide bonds. The number of benzene rings is 1. The zero-order valence-electron chi connectivity index (χ0n) is 20.1. The van der Waals surface area contributed by atoms with Gasteiger partial charge in [0.2, 0.25) is 11.9 Å². The highest BCUT2D eigenvalue weighted by atomic mass is 19.1. The number of rotatable bonds is 8. The van der Waals surface area contributed by atoms with Gasteiger partial charge in [-0.05, 0) is 42.5 Å². The maximum atomic E-state index is 13.6. The summed E-state index contributed by atoms with van der Waals surface area (Å²) in [6, 6.07) is 13.6. The molecule has 0 aliphatic carbocycles. The molecule has 1 fully saturated rings. The van der Waals surface area contributed by atoms with E-state index in [-0.39, 0.29) is 30.9 Å². The van der Waals surface area contributed by atoms with Crippen molar-refractivity contribution in [3.63, 3.8) is 0 Å². The minimum Gasteiger partial charge on any atom is -0.359 e. The van der Waals surface area contributed by atoms with Gasteiger partial charge in [-0.3, -0.25) is 9.78 Å². The molecule has 1 saturated heterocycles. The fourth-order valence-electron chi connectivity index (χ4n) is 3.95. The Morgan fingerprint density at radius 2 is 1.86 bits per heavy atom. The lowest BCUT2D eigenvalue weighted by Gasteiger charge is -2.27. The number of aromatic nitrogens is 5. The summed E-state index contributed by atoms with van der Waals surface area (Å²) in [6.07, 6.45) is 3.17. The molecule has 37 heavy (non-hydrogen) atoms. The van der Waals surface area contributed by atoms with E-state index in [4.69, 9.17) is 14.5 Å². The van der Waals surface area contributed by atoms with E-state index < -0.39 is 6.29 Å². The lowest BCUT2D eigenvalue weighted by Crippen LogP contribution is -2.41. The van der Waals surface area contributed by atoms with E-state index in [1.54, 1.807) is 37.6 Å². The van der Waals surface area contributed by atoms with Gasteiger partial charge in [0.25, 0.3) is 0 Å². The molecule has 4 aromatic rings. The second kappa shape index (κ2) is 11.2. The lowest BCUT2D eigenvalue weighted by molar-refractivity contribution is -0.200. The predicted octanol–water partition coefficient (Wildman–Crippen LogP) is 2.96. The SMILES string of the molecule is CNC(=O)C1COC(Cc2nc(-c3ccc(F)cc3)c(-c3ccnc(NCc4ccccn4)n3)[nH]2)OC1. The van der Waals surface area contributed by atoms with Crippen LogP contribution in [0.25, 0.3) is 22.6 Å². The van der Waals surface area contributed by atoms with Crippen LogP contribution in [0, 0.1) is 11.7 Å². The Labute approximate surface area is 212 Å². The summed E-state index contributed by atoms with van der Waals surface area (Å²) < 4.78 is 25.1. The fourth-order valence-corrected chi connectivity index (χ4v) is 3.95. The van der Waals surface area contributed by atoms with Crippen LogP contribution in [0.15, 0.2) is 60.9 Å². The minimum atomic E-state index is -0.554. The third-order valence-corrected chi connectivity index (χ3v) is 5.88. The van der Waals surface area contributed by atoms with Crippen molar-refractivity contribution in [2.45, 2.75) is 19.3 Å². The van der Waals surface area contributed by atoms with E-state index >= 15 is 0 Å². The van der Waals surface area contributed by atoms with Crippen LogP contribution < -0.4 is 10.6 Å². The lowest BCUT2D eigenvalue weighted by atomic mass is 10.1. The van der Waals surface area contributed by atoms with Gasteiger partial charge in [-0.1, -0.05) is 6.07 Å². The van der Waals surface area contributed by atoms with Crippen LogP contribution in [0.5, 0.6) is 0 Å². The first kappa shape index (κ1) is 24.5. The van der Waals surface area contributed by atoms with E-state index in [1.807, 2.05) is 18.2 Å². The summed E-state index contributed by atoms with van der Waals surface area (Å²) >= 11 is 0. The molecule has 0 saturated carbocycles. The number of amides is 1. The molecule has 0 spiro atoms. The molecule has 3 N–H and O–H groups in total. The molecular formula is C26H26FN7O3. The van der Waals surface area contributed by atoms with Crippen LogP contribution in [-0.2, 0) is 27.2 Å². The summed E-state index contributed by atoms with van der Waals surface area (Å²) in [5, 5.41) is 5.80. The van der Waals surface area contributed by atoms with Crippen molar-refractivity contribution in [1.82, 2.24) is 30.2 Å². The number of anilines is 1. The van der Waals surface area contributed by atoms with Crippen LogP contribution >= 0.6 is 0 Å². The summed E-state index contributed by atoms with van der Waals surface area (Å²) in [7, 11) is 1.59. The van der Waals surface area contributed by atoms with Crippen LogP contribution in [0.1, 0.15) is 11.5 Å². The molecule has 190 valence electrons. The Bertz CT molecular complexity index is 1340. The van der Waals surface area contributed by atoms with Gasteiger partial charge >= 0.3 is 0 Å². The number of imidazole rings is 1. The largest absolute Gasteiger partial charge is 0.359 e. The Kier molecular flexibility index (Phi) is 7.43. The van der Waals surface area contributed by atoms with Crippen molar-refractivity contribution < 1.29 is 18.7 Å². The van der Waals surface area contributed by atoms with Crippen molar-refractivity contribution in [1.29, 1.82) is 0 Å². The Morgan fingerprint density at radius 1 is 1.05 bits per heavy atom. The standard InChI is InChI=1S/C26H26FN7O3/c1-28-25(35)17-14-36-22(37-15-17)12-21-33-23(16-5-7-18(27)8-6-16)24(34-21)20-9-11-30-26(32-20)31-13-19-4-2-3-10-29-19/h2-11,17,22H,12-15H2,1H3,(H,28,35)(H,33,34)(H,30,31,32). The monoisotopic (exact) mass is 503 g/mol. The summed E-state index contributed by atoms with van der Waals surface area (Å²) in [5.41, 5.74) is 3.47. The first-order valence-corrected chi connectivity index (χ1v) is 11.9. The van der Waals surface area contributed by atoms with E-state index in [2.05, 4.69) is 30.6 Å². The topological polar surface area (TPSA) is 127 Å². The molecule has 11 heteroatoms. The normalized spacial score (nSPS) is 17.4. The molecule has 0 unspecified atom stereocenters. The molecule has 1 aliphatic rings. The molecule has 3 aromatic heterocycles. The molecular weight excluding hydrogens is 477 g/mol. The van der Waals surface area contributed by atoms with Crippen molar-refractivity contribution in [3.8, 4) is 22.6 Å². The number of nitrogens with zero attached hydrogens (tertiary/aromatic N) is 4. The first-order chi connectivity index (χ1) is 18.1. The van der Waals surface area contributed by atoms with Gasteiger partial charge in [0, 0.05) is 25.0 Å². The van der Waals surface area contributed by atoms with E-state index in [0.717, 1.165) is 11.3 Å². The highest BCUT2D eigenvalue weighted by Crippen LogP contribution is 2.30. The number of carbonyl (C=O) groups excluding carboxylic acids is 1. The smallest absolute Gasteiger partial charge is 0.227 e. The number of H-pyrrole nitrogens is 1. The zero-order chi connectivity index (χ0) is 25.6. The van der Waals surface area contributed by atoms with Gasteiger partial charge < -0.3 is 25.1 Å². The third-order valence-electron chi connectivity index (χ3n) is 5.88. The number of hydrogen-bond acceptors (Lipinski definition) is 8. The maximum absolute atomic E-state index is 13.6. The van der Waals surface area contributed by atoms with Crippen LogP contribution in [-0.4, -0.2) is 57.4 Å². The van der Waals surface area contributed by atoms with Crippen LogP contribution in [0.4, 0.5) is 10.3 Å². The first-order valence-electron chi connectivity index (χ1n) is 11.9. The van der Waals surface area contributed by atoms with Gasteiger partial charge in [-0.15, -0.1) is 0 Å². The number of pyridine rings is 1. The second-order valence-corrected chi connectivity index (χ2v) is 8.47. The average Bonchev–Trinajstić information content (AvgIpc) is 3.37. The van der Waals surface area contributed by atoms with Crippen molar-refractivity contribution in [3.05, 3.63) is 78.3 Å². The summed E-state index contributed by atoms with van der Waals surface area (Å²) in [6.45, 7) is 0.997. The quantitative estimate of drug-likeness (QED) is 0.335. The molecule has 10 nitrogen and oxygen atoms in total. The van der Waals surface area contributed by atoms with Gasteiger partial charge in [0.05, 0.1) is 54.9 Å². The molecule has 5 rings (SSSR count). The van der Waals surface area contributed by atoms with Crippen LogP contribution in [0.3, 0.4) is 0 Å². The number of carbonyl (C=O) groups is 1. The van der Waals surface area contributed by atoms with E-state index in [1.165, 1.54) is 12.1 Å². The Morgan fingerprint density at radius 3 is 2.59 bits per heavy atom. The van der Waals surface area contributed by atoms with Crippen molar-refractivity contribution in [2.75, 3.05) is 25.6 Å². The highest BCUT2D eigenvalue weighted by molar-refractivity contribution is 5.78. The number of ether oxygens (including phenoxy) is 2. The minimum absolute atomic E-state index is 0.117. The predicted molar refractivity (Wildman–Crippen MR) is 134 cm³/mol. The number of aromatic amines is 1. The second-order valence-electron chi connectivity index (χ2n) is 8.47.